The van der Waals surface area contributed by atoms with Gasteiger partial charge in [0.2, 0.25) is 5.91 Å². The van der Waals surface area contributed by atoms with Gasteiger partial charge in [0.1, 0.15) is 0 Å². The molecule has 0 bridgehead atoms. The number of nitrogens with one attached hydrogen (secondary N) is 1. The molecule has 1 heterocycles. The Bertz CT molecular complexity index is 311. The van der Waals surface area contributed by atoms with Crippen LogP contribution in [-0.4, -0.2) is 18.0 Å². The molecule has 0 aliphatic heterocycles. The van der Waals surface area contributed by atoms with Crippen LogP contribution in [0.1, 0.15) is 31.6 Å². The summed E-state index contributed by atoms with van der Waals surface area (Å²) in [6.45, 7) is 4.16. The molecule has 1 aromatic heterocycles. The first-order valence-corrected chi connectivity index (χ1v) is 6.56. The predicted octanol–water partition coefficient (Wildman–Crippen LogP) is 1.92. The van der Waals surface area contributed by atoms with E-state index in [2.05, 4.69) is 29.8 Å². The molecule has 16 heavy (non-hydrogen) atoms. The Morgan fingerprint density at radius 2 is 2.38 bits per heavy atom. The number of carbonyl (C=O) groups is 1. The minimum absolute atomic E-state index is 0.155. The van der Waals surface area contributed by atoms with E-state index in [1.165, 1.54) is 4.88 Å². The Kier molecular flexibility index (Phi) is 5.49. The quantitative estimate of drug-likeness (QED) is 0.765. The largest absolute Gasteiger partial charge is 0.370 e. The van der Waals surface area contributed by atoms with Gasteiger partial charge in [0.15, 0.2) is 0 Å². The Morgan fingerprint density at radius 3 is 2.88 bits per heavy atom. The third-order valence-corrected chi connectivity index (χ3v) is 3.45. The summed E-state index contributed by atoms with van der Waals surface area (Å²) in [6, 6.07) is 4.79. The molecule has 2 unspecified atom stereocenters. The van der Waals surface area contributed by atoms with E-state index in [9.17, 15) is 4.79 Å². The first-order valence-electron chi connectivity index (χ1n) is 5.68. The summed E-state index contributed by atoms with van der Waals surface area (Å²) in [7, 11) is 0. The molecule has 1 aromatic rings. The fourth-order valence-corrected chi connectivity index (χ4v) is 2.54. The van der Waals surface area contributed by atoms with Crippen LogP contribution in [0.3, 0.4) is 0 Å². The second kappa shape index (κ2) is 6.66. The number of thiophene rings is 1. The van der Waals surface area contributed by atoms with Crippen LogP contribution >= 0.6 is 11.3 Å². The van der Waals surface area contributed by atoms with E-state index >= 15 is 0 Å². The molecule has 0 aliphatic rings. The van der Waals surface area contributed by atoms with Crippen molar-refractivity contribution in [2.24, 2.45) is 5.73 Å². The highest BCUT2D eigenvalue weighted by Gasteiger charge is 2.12. The van der Waals surface area contributed by atoms with Crippen LogP contribution in [0.2, 0.25) is 0 Å². The molecule has 0 fully saturated rings. The molecular weight excluding hydrogens is 220 g/mol. The van der Waals surface area contributed by atoms with Gasteiger partial charge in [-0.3, -0.25) is 4.79 Å². The minimum atomic E-state index is -0.244. The molecule has 2 atom stereocenters. The van der Waals surface area contributed by atoms with Gasteiger partial charge in [0.25, 0.3) is 0 Å². The first kappa shape index (κ1) is 13.2. The molecule has 90 valence electrons. The summed E-state index contributed by atoms with van der Waals surface area (Å²) in [5.74, 6) is -0.244. The van der Waals surface area contributed by atoms with Crippen LogP contribution in [0.4, 0.5) is 0 Å². The fourth-order valence-electron chi connectivity index (χ4n) is 1.76. The van der Waals surface area contributed by atoms with Gasteiger partial charge in [-0.1, -0.05) is 13.0 Å². The first-order chi connectivity index (χ1) is 7.61. The average molecular weight is 240 g/mol. The zero-order valence-electron chi connectivity index (χ0n) is 9.90. The molecule has 0 saturated carbocycles. The van der Waals surface area contributed by atoms with E-state index in [0.29, 0.717) is 12.5 Å². The van der Waals surface area contributed by atoms with Gasteiger partial charge in [-0.05, 0) is 31.2 Å². The van der Waals surface area contributed by atoms with E-state index in [-0.39, 0.29) is 11.9 Å². The van der Waals surface area contributed by atoms with Gasteiger partial charge in [0.05, 0.1) is 0 Å². The van der Waals surface area contributed by atoms with Crippen LogP contribution in [0.5, 0.6) is 0 Å². The zero-order valence-corrected chi connectivity index (χ0v) is 10.7. The smallest absolute Gasteiger partial charge is 0.218 e. The maximum Gasteiger partial charge on any atom is 0.218 e. The van der Waals surface area contributed by atoms with E-state index in [1.807, 2.05) is 6.92 Å². The van der Waals surface area contributed by atoms with E-state index in [4.69, 9.17) is 5.73 Å². The maximum absolute atomic E-state index is 10.8. The highest BCUT2D eigenvalue weighted by atomic mass is 32.1. The van der Waals surface area contributed by atoms with Gasteiger partial charge in [0, 0.05) is 23.4 Å². The number of carbonyl (C=O) groups excluding carboxylic acids is 1. The number of amides is 1. The van der Waals surface area contributed by atoms with Crippen molar-refractivity contribution in [3.63, 3.8) is 0 Å². The molecule has 0 saturated heterocycles. The number of hydrogen-bond acceptors (Lipinski definition) is 3. The van der Waals surface area contributed by atoms with Crippen molar-refractivity contribution in [1.29, 1.82) is 0 Å². The molecule has 1 rings (SSSR count). The van der Waals surface area contributed by atoms with Gasteiger partial charge >= 0.3 is 0 Å². The number of primary amides is 1. The summed E-state index contributed by atoms with van der Waals surface area (Å²) in [5, 5.41) is 5.53. The third kappa shape index (κ3) is 4.77. The van der Waals surface area contributed by atoms with Crippen LogP contribution in [0.25, 0.3) is 0 Å². The number of nitrogens with two attached hydrogens (primary N) is 1. The van der Waals surface area contributed by atoms with Crippen molar-refractivity contribution in [3.8, 4) is 0 Å². The van der Waals surface area contributed by atoms with Gasteiger partial charge in [-0.2, -0.15) is 0 Å². The molecule has 0 radical (unpaired) electrons. The average Bonchev–Trinajstić information content (AvgIpc) is 2.68. The van der Waals surface area contributed by atoms with Crippen molar-refractivity contribution in [2.75, 3.05) is 0 Å². The lowest BCUT2D eigenvalue weighted by Gasteiger charge is -2.21. The second-order valence-corrected chi connectivity index (χ2v) is 5.16. The van der Waals surface area contributed by atoms with Gasteiger partial charge < -0.3 is 11.1 Å². The van der Waals surface area contributed by atoms with Gasteiger partial charge in [-0.25, -0.2) is 0 Å². The van der Waals surface area contributed by atoms with Crippen LogP contribution in [0.15, 0.2) is 17.5 Å². The highest BCUT2D eigenvalue weighted by molar-refractivity contribution is 7.09. The topological polar surface area (TPSA) is 55.1 Å². The molecule has 3 N–H and O–H groups in total. The second-order valence-electron chi connectivity index (χ2n) is 4.13. The van der Waals surface area contributed by atoms with E-state index in [1.54, 1.807) is 11.3 Å². The SMILES string of the molecule is CCC(Cc1cccs1)NC(C)CC(N)=O. The molecule has 0 aliphatic carbocycles. The van der Waals surface area contributed by atoms with Gasteiger partial charge in [-0.15, -0.1) is 11.3 Å². The highest BCUT2D eigenvalue weighted by Crippen LogP contribution is 2.13. The minimum Gasteiger partial charge on any atom is -0.370 e. The lowest BCUT2D eigenvalue weighted by atomic mass is 10.1. The van der Waals surface area contributed by atoms with Crippen molar-refractivity contribution in [1.82, 2.24) is 5.32 Å². The normalized spacial score (nSPS) is 14.6. The zero-order chi connectivity index (χ0) is 12.0. The van der Waals surface area contributed by atoms with Crippen molar-refractivity contribution in [2.45, 2.75) is 45.2 Å². The lowest BCUT2D eigenvalue weighted by Crippen LogP contribution is -2.39. The number of rotatable bonds is 7. The monoisotopic (exact) mass is 240 g/mol. The Labute approximate surface area is 101 Å². The Balaban J connectivity index is 2.39. The summed E-state index contributed by atoms with van der Waals surface area (Å²) < 4.78 is 0. The molecule has 1 amide bonds. The Hall–Kier alpha value is -0.870. The Morgan fingerprint density at radius 1 is 1.62 bits per heavy atom. The van der Waals surface area contributed by atoms with Crippen LogP contribution in [0, 0.1) is 0 Å². The fraction of sp³-hybridized carbons (Fsp3) is 0.583. The predicted molar refractivity (Wildman–Crippen MR) is 68.5 cm³/mol. The lowest BCUT2D eigenvalue weighted by molar-refractivity contribution is -0.118. The number of hydrogen-bond donors (Lipinski definition) is 2. The third-order valence-electron chi connectivity index (χ3n) is 2.55. The molecular formula is C12H20N2OS. The molecule has 0 aromatic carbocycles. The summed E-state index contributed by atoms with van der Waals surface area (Å²) in [4.78, 5) is 12.2. The summed E-state index contributed by atoms with van der Waals surface area (Å²) >= 11 is 1.78. The van der Waals surface area contributed by atoms with Crippen LogP contribution in [-0.2, 0) is 11.2 Å². The summed E-state index contributed by atoms with van der Waals surface area (Å²) in [5.41, 5.74) is 5.17. The van der Waals surface area contributed by atoms with E-state index in [0.717, 1.165) is 12.8 Å². The van der Waals surface area contributed by atoms with Crippen molar-refractivity contribution >= 4 is 17.2 Å². The maximum atomic E-state index is 10.8. The molecule has 4 heteroatoms. The standard InChI is InChI=1S/C12H20N2OS/c1-3-10(8-11-5-4-6-16-11)14-9(2)7-12(13)15/h4-6,9-10,14H,3,7-8H2,1-2H3,(H2,13,15). The van der Waals surface area contributed by atoms with Crippen LogP contribution < -0.4 is 11.1 Å². The summed E-state index contributed by atoms with van der Waals surface area (Å²) in [6.07, 6.45) is 2.49. The molecule has 3 nitrogen and oxygen atoms in total. The van der Waals surface area contributed by atoms with Crippen molar-refractivity contribution < 1.29 is 4.79 Å². The van der Waals surface area contributed by atoms with E-state index < -0.39 is 0 Å². The molecule has 0 spiro atoms. The van der Waals surface area contributed by atoms with Crippen molar-refractivity contribution in [3.05, 3.63) is 22.4 Å².